The first-order valence-corrected chi connectivity index (χ1v) is 8.53. The predicted molar refractivity (Wildman–Crippen MR) is 92.2 cm³/mol. The SMILES string of the molecule is O=C(NCc1ccc2c(c1)OCO2)C1CC(=O)N(Cc2ccccn2)C1. The number of likely N-dealkylation sites (tertiary alicyclic amines) is 1. The Bertz CT molecular complexity index is 825. The van der Waals surface area contributed by atoms with Crippen molar-refractivity contribution in [1.29, 1.82) is 0 Å². The average Bonchev–Trinajstić information content (AvgIpc) is 3.27. The summed E-state index contributed by atoms with van der Waals surface area (Å²) in [4.78, 5) is 30.5. The fourth-order valence-corrected chi connectivity index (χ4v) is 3.17. The minimum atomic E-state index is -0.333. The molecule has 1 fully saturated rings. The second kappa shape index (κ2) is 7.03. The first-order chi connectivity index (χ1) is 12.7. The van der Waals surface area contributed by atoms with Gasteiger partial charge in [-0.2, -0.15) is 0 Å². The third-order valence-electron chi connectivity index (χ3n) is 4.57. The van der Waals surface area contributed by atoms with Crippen LogP contribution in [0.15, 0.2) is 42.6 Å². The third-order valence-corrected chi connectivity index (χ3v) is 4.57. The summed E-state index contributed by atoms with van der Waals surface area (Å²) >= 11 is 0. The smallest absolute Gasteiger partial charge is 0.231 e. The van der Waals surface area contributed by atoms with E-state index in [0.29, 0.717) is 31.1 Å². The molecule has 3 heterocycles. The normalized spacial score (nSPS) is 18.2. The topological polar surface area (TPSA) is 80.8 Å². The monoisotopic (exact) mass is 353 g/mol. The molecule has 0 aliphatic carbocycles. The summed E-state index contributed by atoms with van der Waals surface area (Å²) in [7, 11) is 0. The lowest BCUT2D eigenvalue weighted by atomic mass is 10.1. The van der Waals surface area contributed by atoms with E-state index in [1.54, 1.807) is 11.1 Å². The zero-order chi connectivity index (χ0) is 17.9. The Morgan fingerprint density at radius 3 is 2.96 bits per heavy atom. The molecule has 7 nitrogen and oxygen atoms in total. The minimum Gasteiger partial charge on any atom is -0.454 e. The highest BCUT2D eigenvalue weighted by molar-refractivity contribution is 5.89. The van der Waals surface area contributed by atoms with Gasteiger partial charge in [0, 0.05) is 25.7 Å². The summed E-state index contributed by atoms with van der Waals surface area (Å²) in [5, 5.41) is 2.91. The zero-order valence-corrected chi connectivity index (χ0v) is 14.2. The molecule has 2 aliphatic heterocycles. The number of nitrogens with one attached hydrogen (secondary N) is 1. The molecule has 0 spiro atoms. The van der Waals surface area contributed by atoms with Gasteiger partial charge in [0.15, 0.2) is 11.5 Å². The van der Waals surface area contributed by atoms with Gasteiger partial charge in [-0.15, -0.1) is 0 Å². The third kappa shape index (κ3) is 3.46. The lowest BCUT2D eigenvalue weighted by molar-refractivity contribution is -0.129. The molecular weight excluding hydrogens is 334 g/mol. The van der Waals surface area contributed by atoms with Gasteiger partial charge in [-0.3, -0.25) is 14.6 Å². The lowest BCUT2D eigenvalue weighted by Gasteiger charge is -2.16. The lowest BCUT2D eigenvalue weighted by Crippen LogP contribution is -2.32. The Hall–Kier alpha value is -3.09. The molecule has 1 saturated heterocycles. The van der Waals surface area contributed by atoms with E-state index in [9.17, 15) is 9.59 Å². The maximum atomic E-state index is 12.4. The van der Waals surface area contributed by atoms with Crippen LogP contribution in [0.1, 0.15) is 17.7 Å². The van der Waals surface area contributed by atoms with Crippen LogP contribution >= 0.6 is 0 Å². The highest BCUT2D eigenvalue weighted by atomic mass is 16.7. The molecule has 0 radical (unpaired) electrons. The van der Waals surface area contributed by atoms with Crippen LogP contribution in [-0.2, 0) is 22.7 Å². The summed E-state index contributed by atoms with van der Waals surface area (Å²) in [6.07, 6.45) is 1.94. The van der Waals surface area contributed by atoms with Crippen LogP contribution in [0.25, 0.3) is 0 Å². The van der Waals surface area contributed by atoms with E-state index in [1.807, 2.05) is 36.4 Å². The maximum absolute atomic E-state index is 12.4. The zero-order valence-electron chi connectivity index (χ0n) is 14.2. The Kier molecular flexibility index (Phi) is 4.43. The number of benzene rings is 1. The van der Waals surface area contributed by atoms with Crippen LogP contribution in [0.4, 0.5) is 0 Å². The maximum Gasteiger partial charge on any atom is 0.231 e. The fraction of sp³-hybridized carbons (Fsp3) is 0.316. The Morgan fingerprint density at radius 1 is 1.23 bits per heavy atom. The molecule has 2 aromatic rings. The number of ether oxygens (including phenoxy) is 2. The molecular formula is C19H19N3O4. The quantitative estimate of drug-likeness (QED) is 0.881. The molecule has 26 heavy (non-hydrogen) atoms. The number of hydrogen-bond donors (Lipinski definition) is 1. The first-order valence-electron chi connectivity index (χ1n) is 8.53. The van der Waals surface area contributed by atoms with Crippen LogP contribution in [0.2, 0.25) is 0 Å². The van der Waals surface area contributed by atoms with E-state index in [1.165, 1.54) is 0 Å². The van der Waals surface area contributed by atoms with Gasteiger partial charge in [0.2, 0.25) is 18.6 Å². The van der Waals surface area contributed by atoms with Gasteiger partial charge in [0.05, 0.1) is 18.2 Å². The van der Waals surface area contributed by atoms with Gasteiger partial charge in [-0.1, -0.05) is 12.1 Å². The van der Waals surface area contributed by atoms with Crippen molar-refractivity contribution in [2.75, 3.05) is 13.3 Å². The summed E-state index contributed by atoms with van der Waals surface area (Å²) in [6.45, 7) is 1.47. The fourth-order valence-electron chi connectivity index (χ4n) is 3.17. The van der Waals surface area contributed by atoms with E-state index >= 15 is 0 Å². The molecule has 0 saturated carbocycles. The highest BCUT2D eigenvalue weighted by Crippen LogP contribution is 2.32. The van der Waals surface area contributed by atoms with Crippen LogP contribution in [0.3, 0.4) is 0 Å². The number of aromatic nitrogens is 1. The van der Waals surface area contributed by atoms with E-state index < -0.39 is 0 Å². The van der Waals surface area contributed by atoms with E-state index in [4.69, 9.17) is 9.47 Å². The molecule has 1 N–H and O–H groups in total. The van der Waals surface area contributed by atoms with Gasteiger partial charge in [0.25, 0.3) is 0 Å². The highest BCUT2D eigenvalue weighted by Gasteiger charge is 2.34. The first kappa shape index (κ1) is 16.4. The van der Waals surface area contributed by atoms with Gasteiger partial charge < -0.3 is 19.7 Å². The van der Waals surface area contributed by atoms with Crippen LogP contribution < -0.4 is 14.8 Å². The predicted octanol–water partition coefficient (Wildman–Crippen LogP) is 1.48. The molecule has 1 aromatic heterocycles. The van der Waals surface area contributed by atoms with Gasteiger partial charge in [0.1, 0.15) is 0 Å². The van der Waals surface area contributed by atoms with Crippen LogP contribution in [-0.4, -0.2) is 35.0 Å². The second-order valence-electron chi connectivity index (χ2n) is 6.40. The number of carbonyl (C=O) groups is 2. The van der Waals surface area contributed by atoms with Crippen molar-refractivity contribution in [1.82, 2.24) is 15.2 Å². The Morgan fingerprint density at radius 2 is 2.12 bits per heavy atom. The molecule has 7 heteroatoms. The number of fused-ring (bicyclic) bond motifs is 1. The van der Waals surface area contributed by atoms with Crippen molar-refractivity contribution in [2.45, 2.75) is 19.5 Å². The van der Waals surface area contributed by atoms with Crippen molar-refractivity contribution in [2.24, 2.45) is 5.92 Å². The van der Waals surface area contributed by atoms with Gasteiger partial charge >= 0.3 is 0 Å². The summed E-state index contributed by atoms with van der Waals surface area (Å²) in [5.41, 5.74) is 1.75. The van der Waals surface area contributed by atoms with E-state index in [0.717, 1.165) is 11.3 Å². The van der Waals surface area contributed by atoms with Crippen molar-refractivity contribution in [3.05, 3.63) is 53.9 Å². The van der Waals surface area contributed by atoms with E-state index in [2.05, 4.69) is 10.3 Å². The average molecular weight is 353 g/mol. The summed E-state index contributed by atoms with van der Waals surface area (Å²) in [5.74, 6) is 0.944. The number of nitrogens with zero attached hydrogens (tertiary/aromatic N) is 2. The number of hydrogen-bond acceptors (Lipinski definition) is 5. The molecule has 1 unspecified atom stereocenters. The summed E-state index contributed by atoms with van der Waals surface area (Å²) < 4.78 is 10.6. The van der Waals surface area contributed by atoms with Gasteiger partial charge in [-0.25, -0.2) is 0 Å². The van der Waals surface area contributed by atoms with Crippen molar-refractivity contribution >= 4 is 11.8 Å². The van der Waals surface area contributed by atoms with Crippen molar-refractivity contribution < 1.29 is 19.1 Å². The molecule has 0 bridgehead atoms. The van der Waals surface area contributed by atoms with Crippen molar-refractivity contribution in [3.8, 4) is 11.5 Å². The molecule has 2 amide bonds. The molecule has 1 atom stereocenters. The molecule has 1 aromatic carbocycles. The van der Waals surface area contributed by atoms with Crippen molar-refractivity contribution in [3.63, 3.8) is 0 Å². The van der Waals surface area contributed by atoms with Crippen LogP contribution in [0, 0.1) is 5.92 Å². The number of carbonyl (C=O) groups excluding carboxylic acids is 2. The molecule has 134 valence electrons. The molecule has 2 aliphatic rings. The van der Waals surface area contributed by atoms with Crippen LogP contribution in [0.5, 0.6) is 11.5 Å². The Balaban J connectivity index is 1.32. The Labute approximate surface area is 150 Å². The second-order valence-corrected chi connectivity index (χ2v) is 6.40. The largest absolute Gasteiger partial charge is 0.454 e. The minimum absolute atomic E-state index is 0.0149. The summed E-state index contributed by atoms with van der Waals surface area (Å²) in [6, 6.07) is 11.2. The number of amides is 2. The number of rotatable bonds is 5. The standard InChI is InChI=1S/C19H19N3O4/c23-18-8-14(10-22(18)11-15-3-1-2-6-20-15)19(24)21-9-13-4-5-16-17(7-13)26-12-25-16/h1-7,14H,8-12H2,(H,21,24). The number of pyridine rings is 1. The van der Waals surface area contributed by atoms with Gasteiger partial charge in [-0.05, 0) is 29.8 Å². The van der Waals surface area contributed by atoms with E-state index in [-0.39, 0.29) is 30.9 Å². The molecule has 4 rings (SSSR count).